The molecule has 0 bridgehead atoms. The summed E-state index contributed by atoms with van der Waals surface area (Å²) < 4.78 is 30.0. The van der Waals surface area contributed by atoms with Crippen molar-refractivity contribution in [2.75, 3.05) is 17.4 Å². The Morgan fingerprint density at radius 3 is 2.19 bits per heavy atom. The Bertz CT molecular complexity index is 1650. The van der Waals surface area contributed by atoms with E-state index in [9.17, 15) is 18.0 Å². The molecule has 7 nitrogen and oxygen atoms in total. The number of nitrogens with one attached hydrogen (secondary N) is 1. The fourth-order valence-corrected chi connectivity index (χ4v) is 6.48. The van der Waals surface area contributed by atoms with E-state index in [1.54, 1.807) is 30.3 Å². The molecule has 0 saturated heterocycles. The van der Waals surface area contributed by atoms with Gasteiger partial charge in [0.15, 0.2) is 0 Å². The number of hydrogen-bond donors (Lipinski definition) is 1. The highest BCUT2D eigenvalue weighted by atomic mass is 79.9. The van der Waals surface area contributed by atoms with Crippen LogP contribution in [0.3, 0.4) is 0 Å². The zero-order valence-electron chi connectivity index (χ0n) is 23.9. The minimum Gasteiger partial charge on any atom is -0.355 e. The summed E-state index contributed by atoms with van der Waals surface area (Å²) in [5, 5.41) is 3.18. The van der Waals surface area contributed by atoms with Crippen molar-refractivity contribution >= 4 is 55.1 Å². The summed E-state index contributed by atoms with van der Waals surface area (Å²) >= 11 is 9.71. The third-order valence-corrected chi connectivity index (χ3v) is 9.42. The number of likely N-dealkylation sites (N-methyl/N-ethyl adjacent to an activating group) is 1. The molecule has 0 aliphatic carbocycles. The molecule has 2 amide bonds. The molecule has 0 spiro atoms. The first-order valence-corrected chi connectivity index (χ1v) is 16.4. The molecule has 0 saturated carbocycles. The molecule has 224 valence electrons. The summed E-state index contributed by atoms with van der Waals surface area (Å²) in [6.07, 6.45) is 0.247. The van der Waals surface area contributed by atoms with Crippen molar-refractivity contribution in [1.82, 2.24) is 10.2 Å². The van der Waals surface area contributed by atoms with Gasteiger partial charge in [-0.3, -0.25) is 13.9 Å². The second-order valence-corrected chi connectivity index (χ2v) is 13.3. The zero-order valence-corrected chi connectivity index (χ0v) is 27.1. The maximum absolute atomic E-state index is 14.4. The lowest BCUT2D eigenvalue weighted by Crippen LogP contribution is -2.53. The van der Waals surface area contributed by atoms with Crippen LogP contribution in [0, 0.1) is 6.92 Å². The van der Waals surface area contributed by atoms with Gasteiger partial charge in [-0.25, -0.2) is 8.42 Å². The van der Waals surface area contributed by atoms with Crippen LogP contribution in [0.5, 0.6) is 0 Å². The Balaban J connectivity index is 1.79. The molecule has 0 unspecified atom stereocenters. The fourth-order valence-electron chi connectivity index (χ4n) is 4.63. The molecule has 0 heterocycles. The summed E-state index contributed by atoms with van der Waals surface area (Å²) in [5.41, 5.74) is 2.79. The molecule has 43 heavy (non-hydrogen) atoms. The van der Waals surface area contributed by atoms with E-state index < -0.39 is 28.5 Å². The van der Waals surface area contributed by atoms with Gasteiger partial charge in [0, 0.05) is 29.0 Å². The van der Waals surface area contributed by atoms with Gasteiger partial charge in [0.2, 0.25) is 11.8 Å². The Morgan fingerprint density at radius 1 is 0.884 bits per heavy atom. The Morgan fingerprint density at radius 2 is 1.56 bits per heavy atom. The molecule has 1 N–H and O–H groups in total. The highest BCUT2D eigenvalue weighted by Gasteiger charge is 2.34. The molecule has 10 heteroatoms. The molecule has 4 aromatic rings. The number of benzene rings is 4. The first kappa shape index (κ1) is 32.3. The Hall–Kier alpha value is -3.66. The molecule has 4 rings (SSSR count). The largest absolute Gasteiger partial charge is 0.355 e. The van der Waals surface area contributed by atoms with Gasteiger partial charge in [-0.1, -0.05) is 93.8 Å². The van der Waals surface area contributed by atoms with Crippen molar-refractivity contribution in [1.29, 1.82) is 0 Å². The molecule has 0 aromatic heterocycles. The van der Waals surface area contributed by atoms with Crippen LogP contribution in [-0.4, -0.2) is 44.3 Å². The van der Waals surface area contributed by atoms with Crippen molar-refractivity contribution in [2.24, 2.45) is 0 Å². The van der Waals surface area contributed by atoms with Crippen LogP contribution in [0.2, 0.25) is 5.02 Å². The summed E-state index contributed by atoms with van der Waals surface area (Å²) in [6.45, 7) is 3.60. The van der Waals surface area contributed by atoms with Crippen LogP contribution in [0.25, 0.3) is 0 Å². The number of aryl methyl sites for hydroxylation is 1. The number of carbonyl (C=O) groups excluding carboxylic acids is 2. The first-order chi connectivity index (χ1) is 20.6. The van der Waals surface area contributed by atoms with Crippen molar-refractivity contribution in [3.05, 3.63) is 129 Å². The molecule has 1 atom stereocenters. The number of nitrogens with zero attached hydrogens (tertiary/aromatic N) is 2. The number of sulfonamides is 1. The number of amides is 2. The molecule has 0 fully saturated rings. The van der Waals surface area contributed by atoms with Gasteiger partial charge in [0.1, 0.15) is 12.6 Å². The Kier molecular flexibility index (Phi) is 11.0. The van der Waals surface area contributed by atoms with Gasteiger partial charge in [0.25, 0.3) is 10.0 Å². The second kappa shape index (κ2) is 14.7. The molecular weight excluding hydrogens is 650 g/mol. The number of halogens is 2. The quantitative estimate of drug-likeness (QED) is 0.188. The smallest absolute Gasteiger partial charge is 0.264 e. The Labute approximate surface area is 266 Å². The van der Waals surface area contributed by atoms with Gasteiger partial charge in [-0.15, -0.1) is 0 Å². The van der Waals surface area contributed by atoms with Crippen LogP contribution >= 0.6 is 27.5 Å². The van der Waals surface area contributed by atoms with Crippen LogP contribution in [0.4, 0.5) is 5.69 Å². The van der Waals surface area contributed by atoms with E-state index in [-0.39, 0.29) is 29.5 Å². The fraction of sp³-hybridized carbons (Fsp3) is 0.212. The van der Waals surface area contributed by atoms with E-state index in [4.69, 9.17) is 11.6 Å². The monoisotopic (exact) mass is 681 g/mol. The number of anilines is 1. The molecule has 4 aromatic carbocycles. The molecule has 0 aliphatic rings. The van der Waals surface area contributed by atoms with Crippen molar-refractivity contribution < 1.29 is 18.0 Å². The number of carbonyl (C=O) groups is 2. The lowest BCUT2D eigenvalue weighted by Gasteiger charge is -2.34. The van der Waals surface area contributed by atoms with E-state index in [0.717, 1.165) is 25.5 Å². The maximum Gasteiger partial charge on any atom is 0.264 e. The predicted molar refractivity (Wildman–Crippen MR) is 174 cm³/mol. The van der Waals surface area contributed by atoms with E-state index in [2.05, 4.69) is 21.2 Å². The van der Waals surface area contributed by atoms with E-state index in [0.29, 0.717) is 11.6 Å². The minimum absolute atomic E-state index is 0.0369. The van der Waals surface area contributed by atoms with Gasteiger partial charge in [-0.2, -0.15) is 0 Å². The summed E-state index contributed by atoms with van der Waals surface area (Å²) in [4.78, 5) is 29.4. The summed E-state index contributed by atoms with van der Waals surface area (Å²) in [5.74, 6) is -0.863. The van der Waals surface area contributed by atoms with Gasteiger partial charge < -0.3 is 10.2 Å². The third kappa shape index (κ3) is 8.46. The van der Waals surface area contributed by atoms with Gasteiger partial charge in [-0.05, 0) is 67.4 Å². The van der Waals surface area contributed by atoms with E-state index >= 15 is 0 Å². The number of rotatable bonds is 12. The van der Waals surface area contributed by atoms with Crippen molar-refractivity contribution in [3.63, 3.8) is 0 Å². The second-order valence-electron chi connectivity index (χ2n) is 10.1. The average Bonchev–Trinajstić information content (AvgIpc) is 2.99. The predicted octanol–water partition coefficient (Wildman–Crippen LogP) is 6.38. The normalized spacial score (nSPS) is 11.9. The molecule has 0 aliphatic heterocycles. The average molecular weight is 683 g/mol. The topological polar surface area (TPSA) is 86.8 Å². The van der Waals surface area contributed by atoms with Crippen LogP contribution < -0.4 is 9.62 Å². The third-order valence-electron chi connectivity index (χ3n) is 6.87. The SMILES string of the molecule is CCNC(=O)[C@@H](Cc1ccccc1)N(Cc1ccc(Br)cc1)C(=O)CN(c1cccc(Cl)c1)S(=O)(=O)c1ccc(C)cc1. The first-order valence-electron chi connectivity index (χ1n) is 13.8. The van der Waals surface area contributed by atoms with Crippen LogP contribution in [-0.2, 0) is 32.6 Å². The zero-order chi connectivity index (χ0) is 31.0. The summed E-state index contributed by atoms with van der Waals surface area (Å²) in [7, 11) is -4.19. The van der Waals surface area contributed by atoms with Gasteiger partial charge in [0.05, 0.1) is 10.6 Å². The van der Waals surface area contributed by atoms with E-state index in [1.807, 2.05) is 68.4 Å². The highest BCUT2D eigenvalue weighted by Crippen LogP contribution is 2.27. The van der Waals surface area contributed by atoms with Crippen molar-refractivity contribution in [2.45, 2.75) is 37.8 Å². The minimum atomic E-state index is -4.19. The van der Waals surface area contributed by atoms with E-state index in [1.165, 1.54) is 23.1 Å². The highest BCUT2D eigenvalue weighted by molar-refractivity contribution is 9.10. The van der Waals surface area contributed by atoms with Crippen LogP contribution in [0.1, 0.15) is 23.6 Å². The maximum atomic E-state index is 14.4. The molecule has 0 radical (unpaired) electrons. The van der Waals surface area contributed by atoms with Crippen LogP contribution in [0.15, 0.2) is 112 Å². The summed E-state index contributed by atoms with van der Waals surface area (Å²) in [6, 6.07) is 28.8. The van der Waals surface area contributed by atoms with Gasteiger partial charge >= 0.3 is 0 Å². The lowest BCUT2D eigenvalue weighted by molar-refractivity contribution is -0.140. The van der Waals surface area contributed by atoms with Crippen molar-refractivity contribution in [3.8, 4) is 0 Å². The lowest BCUT2D eigenvalue weighted by atomic mass is 10.0. The number of hydrogen-bond acceptors (Lipinski definition) is 4. The molecular formula is C33H33BrClN3O4S. The standard InChI is InChI=1S/C33H33BrClN3O4S/c1-3-36-33(40)31(20-25-8-5-4-6-9-25)37(22-26-14-16-27(34)17-15-26)32(39)23-38(29-11-7-10-28(35)21-29)43(41,42)30-18-12-24(2)13-19-30/h4-19,21,31H,3,20,22-23H2,1-2H3,(H,36,40)/t31-/m1/s1.